The van der Waals surface area contributed by atoms with Gasteiger partial charge in [-0.1, -0.05) is 18.2 Å². The van der Waals surface area contributed by atoms with Crippen LogP contribution in [0.3, 0.4) is 0 Å². The number of hydrogen-bond donors (Lipinski definition) is 1. The van der Waals surface area contributed by atoms with Crippen LogP contribution in [0.2, 0.25) is 0 Å². The van der Waals surface area contributed by atoms with E-state index in [0.29, 0.717) is 17.9 Å². The molecule has 2 N–H and O–H groups in total. The number of para-hydroxylation sites is 1. The van der Waals surface area contributed by atoms with Crippen molar-refractivity contribution in [1.82, 2.24) is 4.57 Å². The van der Waals surface area contributed by atoms with E-state index < -0.39 is 12.1 Å². The normalized spacial score (nSPS) is 17.8. The molecule has 3 aromatic rings. The molecule has 2 atom stereocenters. The van der Waals surface area contributed by atoms with Crippen molar-refractivity contribution in [2.24, 2.45) is 16.8 Å². The van der Waals surface area contributed by atoms with Gasteiger partial charge in [-0.15, -0.1) is 0 Å². The topological polar surface area (TPSA) is 103 Å². The molecule has 1 aliphatic rings. The summed E-state index contributed by atoms with van der Waals surface area (Å²) in [4.78, 5) is 0. The van der Waals surface area contributed by atoms with Gasteiger partial charge in [-0.2, -0.15) is 15.6 Å². The van der Waals surface area contributed by atoms with E-state index in [2.05, 4.69) is 21.8 Å². The van der Waals surface area contributed by atoms with E-state index in [9.17, 15) is 10.5 Å². The lowest BCUT2D eigenvalue weighted by molar-refractivity contribution is 0.340. The molecule has 0 spiro atoms. The van der Waals surface area contributed by atoms with Crippen molar-refractivity contribution >= 4 is 17.5 Å². The molecule has 0 saturated heterocycles. The summed E-state index contributed by atoms with van der Waals surface area (Å²) in [5.41, 5.74) is 11.7. The minimum atomic E-state index is -0.722. The van der Waals surface area contributed by atoms with Crippen LogP contribution in [0.4, 0.5) is 5.69 Å². The first-order valence-corrected chi connectivity index (χ1v) is 11.1. The second-order valence-electron chi connectivity index (χ2n) is 8.02. The summed E-state index contributed by atoms with van der Waals surface area (Å²) in [5, 5.41) is 26.0. The van der Waals surface area contributed by atoms with Gasteiger partial charge in [0.05, 0.1) is 29.6 Å². The van der Waals surface area contributed by atoms with E-state index in [1.165, 1.54) is 0 Å². The zero-order chi connectivity index (χ0) is 24.2. The Morgan fingerprint density at radius 1 is 1.09 bits per heavy atom. The van der Waals surface area contributed by atoms with Crippen LogP contribution in [0, 0.1) is 42.4 Å². The molecule has 2 aromatic carbocycles. The predicted molar refractivity (Wildman–Crippen MR) is 133 cm³/mol. The van der Waals surface area contributed by atoms with Gasteiger partial charge < -0.3 is 15.0 Å². The molecule has 1 aromatic heterocycles. The molecular formula is C27H26N6O. The van der Waals surface area contributed by atoms with Crippen LogP contribution in [0.25, 0.3) is 11.8 Å². The smallest absolute Gasteiger partial charge is 0.127 e. The molecule has 7 heteroatoms. The molecule has 0 fully saturated rings. The average molecular weight is 451 g/mol. The molecule has 2 heterocycles. The monoisotopic (exact) mass is 450 g/mol. The number of ether oxygens (including phenoxy) is 1. The Labute approximate surface area is 199 Å². The van der Waals surface area contributed by atoms with Gasteiger partial charge in [0.2, 0.25) is 0 Å². The number of anilines is 1. The lowest BCUT2D eigenvalue weighted by atomic mass is 9.95. The number of rotatable bonds is 6. The van der Waals surface area contributed by atoms with Gasteiger partial charge in [-0.3, -0.25) is 0 Å². The van der Waals surface area contributed by atoms with E-state index in [1.807, 2.05) is 81.4 Å². The van der Waals surface area contributed by atoms with E-state index >= 15 is 0 Å². The number of nitrogens with zero attached hydrogens (tertiary/aromatic N) is 5. The highest BCUT2D eigenvalue weighted by molar-refractivity contribution is 6.11. The Hall–Kier alpha value is -4.33. The van der Waals surface area contributed by atoms with Crippen LogP contribution in [0.5, 0.6) is 5.75 Å². The van der Waals surface area contributed by atoms with Crippen molar-refractivity contribution in [3.8, 4) is 23.6 Å². The Morgan fingerprint density at radius 2 is 1.79 bits per heavy atom. The molecule has 0 saturated carbocycles. The standard InChI is InChI=1S/C27H26N6O/c1-4-34-24-12-10-22(11-13-24)32-18(2)14-20(19(32)3)15-21(16-28)26-25(17-29)27(30)33(31-26)23-8-6-5-7-9-23/h5-15,25,27H,4,30H2,1-3H3/b21-15-/t25-,27-/m0/s1. The SMILES string of the molecule is CCOc1ccc(-n2c(C)cc(/C=C(/C#N)C3=NN(c4ccccc4)[C@H](N)[C@H]3C#N)c2C)cc1. The van der Waals surface area contributed by atoms with Crippen LogP contribution in [0.15, 0.2) is 71.3 Å². The van der Waals surface area contributed by atoms with Gasteiger partial charge in [0.25, 0.3) is 0 Å². The second-order valence-corrected chi connectivity index (χ2v) is 8.02. The molecule has 0 bridgehead atoms. The summed E-state index contributed by atoms with van der Waals surface area (Å²) in [7, 11) is 0. The molecule has 0 amide bonds. The third kappa shape index (κ3) is 4.17. The van der Waals surface area contributed by atoms with E-state index in [0.717, 1.165) is 34.1 Å². The molecule has 34 heavy (non-hydrogen) atoms. The van der Waals surface area contributed by atoms with E-state index in [-0.39, 0.29) is 0 Å². The highest BCUT2D eigenvalue weighted by atomic mass is 16.5. The molecule has 4 rings (SSSR count). The molecule has 0 unspecified atom stereocenters. The highest BCUT2D eigenvalue weighted by Crippen LogP contribution is 2.30. The predicted octanol–water partition coefficient (Wildman–Crippen LogP) is 4.70. The molecule has 0 aliphatic carbocycles. The lowest BCUT2D eigenvalue weighted by Crippen LogP contribution is -2.40. The van der Waals surface area contributed by atoms with Crippen molar-refractivity contribution in [3.05, 3.63) is 83.2 Å². The number of benzene rings is 2. The quantitative estimate of drug-likeness (QED) is 0.548. The van der Waals surface area contributed by atoms with Gasteiger partial charge >= 0.3 is 0 Å². The Kier molecular flexibility index (Phi) is 6.49. The van der Waals surface area contributed by atoms with E-state index in [4.69, 9.17) is 10.5 Å². The number of nitrogens with two attached hydrogens (primary N) is 1. The zero-order valence-corrected chi connectivity index (χ0v) is 19.4. The minimum absolute atomic E-state index is 0.326. The van der Waals surface area contributed by atoms with Crippen LogP contribution in [-0.4, -0.2) is 23.1 Å². The van der Waals surface area contributed by atoms with Gasteiger partial charge in [0, 0.05) is 17.1 Å². The molecule has 1 aliphatic heterocycles. The maximum atomic E-state index is 9.98. The van der Waals surface area contributed by atoms with Gasteiger partial charge in [0.15, 0.2) is 0 Å². The highest BCUT2D eigenvalue weighted by Gasteiger charge is 2.37. The fraction of sp³-hybridized carbons (Fsp3) is 0.222. The maximum absolute atomic E-state index is 9.98. The molecule has 7 nitrogen and oxygen atoms in total. The van der Waals surface area contributed by atoms with Crippen molar-refractivity contribution in [2.45, 2.75) is 26.9 Å². The van der Waals surface area contributed by atoms with Crippen LogP contribution in [0.1, 0.15) is 23.9 Å². The third-order valence-electron chi connectivity index (χ3n) is 5.87. The van der Waals surface area contributed by atoms with Crippen LogP contribution in [-0.2, 0) is 0 Å². The van der Waals surface area contributed by atoms with Gasteiger partial charge in [0.1, 0.15) is 23.9 Å². The van der Waals surface area contributed by atoms with Crippen LogP contribution >= 0.6 is 0 Å². The first-order chi connectivity index (χ1) is 16.5. The van der Waals surface area contributed by atoms with Crippen molar-refractivity contribution in [2.75, 3.05) is 11.6 Å². The first kappa shape index (κ1) is 22.8. The number of hydrogen-bond acceptors (Lipinski definition) is 6. The number of aryl methyl sites for hydroxylation is 1. The average Bonchev–Trinajstić information content (AvgIpc) is 3.33. The summed E-state index contributed by atoms with van der Waals surface area (Å²) in [6, 6.07) is 23.8. The molecule has 170 valence electrons. The second kappa shape index (κ2) is 9.66. The minimum Gasteiger partial charge on any atom is -0.494 e. The Bertz CT molecular complexity index is 1320. The fourth-order valence-corrected chi connectivity index (χ4v) is 4.23. The fourth-order valence-electron chi connectivity index (χ4n) is 4.23. The molecule has 0 radical (unpaired) electrons. The Balaban J connectivity index is 1.72. The van der Waals surface area contributed by atoms with Crippen molar-refractivity contribution in [3.63, 3.8) is 0 Å². The zero-order valence-electron chi connectivity index (χ0n) is 19.4. The molecular weight excluding hydrogens is 424 g/mol. The lowest BCUT2D eigenvalue weighted by Gasteiger charge is -2.21. The van der Waals surface area contributed by atoms with E-state index in [1.54, 1.807) is 11.1 Å². The number of aromatic nitrogens is 1. The summed E-state index contributed by atoms with van der Waals surface area (Å²) in [6.07, 6.45) is 1.12. The summed E-state index contributed by atoms with van der Waals surface area (Å²) >= 11 is 0. The summed E-state index contributed by atoms with van der Waals surface area (Å²) in [5.74, 6) is 0.0994. The van der Waals surface area contributed by atoms with Crippen molar-refractivity contribution in [1.29, 1.82) is 10.5 Å². The largest absolute Gasteiger partial charge is 0.494 e. The van der Waals surface area contributed by atoms with Gasteiger partial charge in [-0.05, 0) is 74.9 Å². The summed E-state index contributed by atoms with van der Waals surface area (Å²) < 4.78 is 7.67. The number of allylic oxidation sites excluding steroid dienone is 1. The Morgan fingerprint density at radius 3 is 2.41 bits per heavy atom. The maximum Gasteiger partial charge on any atom is 0.127 e. The third-order valence-corrected chi connectivity index (χ3v) is 5.87. The first-order valence-electron chi connectivity index (χ1n) is 11.1. The van der Waals surface area contributed by atoms with Crippen LogP contribution < -0.4 is 15.5 Å². The van der Waals surface area contributed by atoms with Crippen molar-refractivity contribution < 1.29 is 4.74 Å². The number of hydrazone groups is 1. The summed E-state index contributed by atoms with van der Waals surface area (Å²) in [6.45, 7) is 6.60. The van der Waals surface area contributed by atoms with Gasteiger partial charge in [-0.25, -0.2) is 5.01 Å². The number of nitriles is 2.